The van der Waals surface area contributed by atoms with E-state index in [1.807, 2.05) is 48.5 Å². The number of ether oxygens (including phenoxy) is 1. The molecule has 0 saturated carbocycles. The van der Waals surface area contributed by atoms with Gasteiger partial charge in [-0.25, -0.2) is 0 Å². The first-order valence-electron chi connectivity index (χ1n) is 9.01. The minimum atomic E-state index is -0.213. The summed E-state index contributed by atoms with van der Waals surface area (Å²) in [5.74, 6) is 1.30. The van der Waals surface area contributed by atoms with Gasteiger partial charge >= 0.3 is 0 Å². The molecule has 0 saturated heterocycles. The molecule has 0 aliphatic carbocycles. The van der Waals surface area contributed by atoms with E-state index in [9.17, 15) is 4.79 Å². The Labute approximate surface area is 164 Å². The standard InChI is InChI=1S/C21H24ClNO2S/c1-3-21(4-2)13-18(17-7-5-6-8-19(17)25-21)23-20(24)14-26-16-11-9-15(22)10-12-16/h5-12,18H,3-4,13-14H2,1-2H3,(H,23,24). The summed E-state index contributed by atoms with van der Waals surface area (Å²) >= 11 is 7.42. The number of hydrogen-bond donors (Lipinski definition) is 1. The van der Waals surface area contributed by atoms with Crippen molar-refractivity contribution in [2.45, 2.75) is 49.6 Å². The Morgan fingerprint density at radius 3 is 2.58 bits per heavy atom. The summed E-state index contributed by atoms with van der Waals surface area (Å²) in [5.41, 5.74) is 0.852. The third kappa shape index (κ3) is 4.36. The Kier molecular flexibility index (Phi) is 6.15. The Balaban J connectivity index is 1.69. The van der Waals surface area contributed by atoms with Crippen molar-refractivity contribution >= 4 is 29.3 Å². The van der Waals surface area contributed by atoms with Crippen LogP contribution in [0.3, 0.4) is 0 Å². The SMILES string of the molecule is CCC1(CC)CC(NC(=O)CSc2ccc(Cl)cc2)c2ccccc2O1. The van der Waals surface area contributed by atoms with Crippen LogP contribution in [0.2, 0.25) is 5.02 Å². The number of nitrogens with one attached hydrogen (secondary N) is 1. The highest BCUT2D eigenvalue weighted by Crippen LogP contribution is 2.42. The van der Waals surface area contributed by atoms with E-state index in [-0.39, 0.29) is 17.6 Å². The topological polar surface area (TPSA) is 38.3 Å². The van der Waals surface area contributed by atoms with Crippen molar-refractivity contribution < 1.29 is 9.53 Å². The zero-order valence-electron chi connectivity index (χ0n) is 15.1. The maximum atomic E-state index is 12.6. The molecule has 1 aliphatic heterocycles. The maximum Gasteiger partial charge on any atom is 0.230 e. The molecule has 2 aromatic carbocycles. The molecule has 0 bridgehead atoms. The third-order valence-electron chi connectivity index (χ3n) is 5.00. The second-order valence-electron chi connectivity index (χ2n) is 6.60. The van der Waals surface area contributed by atoms with Gasteiger partial charge in [-0.2, -0.15) is 0 Å². The van der Waals surface area contributed by atoms with Gasteiger partial charge in [0.1, 0.15) is 11.4 Å². The lowest BCUT2D eigenvalue weighted by Crippen LogP contribution is -2.44. The molecule has 1 unspecified atom stereocenters. The van der Waals surface area contributed by atoms with Gasteiger partial charge in [-0.3, -0.25) is 4.79 Å². The fourth-order valence-corrected chi connectivity index (χ4v) is 4.18. The lowest BCUT2D eigenvalue weighted by Gasteiger charge is -2.41. The molecule has 1 heterocycles. The number of thioether (sulfide) groups is 1. The summed E-state index contributed by atoms with van der Waals surface area (Å²) in [6, 6.07) is 15.5. The summed E-state index contributed by atoms with van der Waals surface area (Å²) in [6.45, 7) is 4.29. The van der Waals surface area contributed by atoms with Gasteiger partial charge in [0.15, 0.2) is 0 Å². The van der Waals surface area contributed by atoms with Crippen LogP contribution in [0.25, 0.3) is 0 Å². The molecular formula is C21H24ClNO2S. The fourth-order valence-electron chi connectivity index (χ4n) is 3.35. The third-order valence-corrected chi connectivity index (χ3v) is 6.27. The number of para-hydroxylation sites is 1. The van der Waals surface area contributed by atoms with Crippen molar-refractivity contribution in [2.75, 3.05) is 5.75 Å². The minimum Gasteiger partial charge on any atom is -0.487 e. The number of amides is 1. The van der Waals surface area contributed by atoms with E-state index >= 15 is 0 Å². The van der Waals surface area contributed by atoms with Crippen LogP contribution < -0.4 is 10.1 Å². The molecule has 5 heteroatoms. The second kappa shape index (κ2) is 8.36. The van der Waals surface area contributed by atoms with Gasteiger partial charge in [0, 0.05) is 21.9 Å². The van der Waals surface area contributed by atoms with Gasteiger partial charge in [-0.1, -0.05) is 43.6 Å². The number of halogens is 1. The number of carbonyl (C=O) groups is 1. The summed E-state index contributed by atoms with van der Waals surface area (Å²) in [7, 11) is 0. The zero-order valence-corrected chi connectivity index (χ0v) is 16.7. The van der Waals surface area contributed by atoms with E-state index < -0.39 is 0 Å². The largest absolute Gasteiger partial charge is 0.487 e. The van der Waals surface area contributed by atoms with Crippen molar-refractivity contribution in [3.8, 4) is 5.75 Å². The average molecular weight is 390 g/mol. The van der Waals surface area contributed by atoms with E-state index in [1.165, 1.54) is 11.8 Å². The summed E-state index contributed by atoms with van der Waals surface area (Å²) in [4.78, 5) is 13.6. The van der Waals surface area contributed by atoms with Gasteiger partial charge in [0.25, 0.3) is 0 Å². The summed E-state index contributed by atoms with van der Waals surface area (Å²) < 4.78 is 6.30. The highest BCUT2D eigenvalue weighted by Gasteiger charge is 2.38. The van der Waals surface area contributed by atoms with Crippen LogP contribution in [0.15, 0.2) is 53.4 Å². The number of fused-ring (bicyclic) bond motifs is 1. The zero-order chi connectivity index (χ0) is 18.6. The Hall–Kier alpha value is -1.65. The Morgan fingerprint density at radius 2 is 1.88 bits per heavy atom. The van der Waals surface area contributed by atoms with Gasteiger partial charge in [-0.15, -0.1) is 11.8 Å². The van der Waals surface area contributed by atoms with Gasteiger partial charge in [0.2, 0.25) is 5.91 Å². The van der Waals surface area contributed by atoms with Crippen LogP contribution in [-0.2, 0) is 4.79 Å². The Bertz CT molecular complexity index is 759. The predicted molar refractivity (Wildman–Crippen MR) is 108 cm³/mol. The number of carbonyl (C=O) groups excluding carboxylic acids is 1. The molecule has 0 aromatic heterocycles. The molecule has 0 spiro atoms. The molecule has 1 aliphatic rings. The second-order valence-corrected chi connectivity index (χ2v) is 8.08. The van der Waals surface area contributed by atoms with Crippen molar-refractivity contribution in [1.29, 1.82) is 0 Å². The van der Waals surface area contributed by atoms with Crippen molar-refractivity contribution in [2.24, 2.45) is 0 Å². The first-order chi connectivity index (χ1) is 12.5. The smallest absolute Gasteiger partial charge is 0.230 e. The van der Waals surface area contributed by atoms with E-state index in [4.69, 9.17) is 16.3 Å². The van der Waals surface area contributed by atoms with E-state index in [2.05, 4.69) is 19.2 Å². The number of benzene rings is 2. The van der Waals surface area contributed by atoms with Crippen LogP contribution >= 0.6 is 23.4 Å². The monoisotopic (exact) mass is 389 g/mol. The molecule has 2 aromatic rings. The molecule has 1 atom stereocenters. The highest BCUT2D eigenvalue weighted by molar-refractivity contribution is 8.00. The normalized spacial score (nSPS) is 17.9. The average Bonchev–Trinajstić information content (AvgIpc) is 2.67. The van der Waals surface area contributed by atoms with Gasteiger partial charge < -0.3 is 10.1 Å². The lowest BCUT2D eigenvalue weighted by molar-refractivity contribution is -0.120. The Morgan fingerprint density at radius 1 is 1.19 bits per heavy atom. The molecule has 138 valence electrons. The highest BCUT2D eigenvalue weighted by atomic mass is 35.5. The number of hydrogen-bond acceptors (Lipinski definition) is 3. The van der Waals surface area contributed by atoms with Crippen LogP contribution in [0, 0.1) is 0 Å². The number of rotatable bonds is 6. The van der Waals surface area contributed by atoms with E-state index in [1.54, 1.807) is 0 Å². The summed E-state index contributed by atoms with van der Waals surface area (Å²) in [6.07, 6.45) is 2.64. The first-order valence-corrected chi connectivity index (χ1v) is 10.4. The van der Waals surface area contributed by atoms with Crippen molar-refractivity contribution in [3.05, 3.63) is 59.1 Å². The lowest BCUT2D eigenvalue weighted by atomic mass is 9.83. The summed E-state index contributed by atoms with van der Waals surface area (Å²) in [5, 5.41) is 3.92. The molecule has 3 rings (SSSR count). The molecule has 0 radical (unpaired) electrons. The molecule has 1 N–H and O–H groups in total. The molecule has 3 nitrogen and oxygen atoms in total. The maximum absolute atomic E-state index is 12.6. The first kappa shape index (κ1) is 19.1. The van der Waals surface area contributed by atoms with Crippen LogP contribution in [0.5, 0.6) is 5.75 Å². The van der Waals surface area contributed by atoms with Crippen LogP contribution in [-0.4, -0.2) is 17.3 Å². The van der Waals surface area contributed by atoms with Crippen LogP contribution in [0.4, 0.5) is 0 Å². The molecule has 26 heavy (non-hydrogen) atoms. The van der Waals surface area contributed by atoms with E-state index in [0.29, 0.717) is 10.8 Å². The predicted octanol–water partition coefficient (Wildman–Crippen LogP) is 5.63. The van der Waals surface area contributed by atoms with Crippen molar-refractivity contribution in [3.63, 3.8) is 0 Å². The van der Waals surface area contributed by atoms with Crippen LogP contribution in [0.1, 0.15) is 44.7 Å². The molecule has 1 amide bonds. The van der Waals surface area contributed by atoms with Gasteiger partial charge in [-0.05, 0) is 43.2 Å². The van der Waals surface area contributed by atoms with Gasteiger partial charge in [0.05, 0.1) is 11.8 Å². The fraction of sp³-hybridized carbons (Fsp3) is 0.381. The quantitative estimate of drug-likeness (QED) is 0.650. The van der Waals surface area contributed by atoms with E-state index in [0.717, 1.165) is 35.5 Å². The molecular weight excluding hydrogens is 366 g/mol. The van der Waals surface area contributed by atoms with Crippen molar-refractivity contribution in [1.82, 2.24) is 5.32 Å². The molecule has 0 fully saturated rings. The minimum absolute atomic E-state index is 0.0156.